The maximum atomic E-state index is 12.0. The smallest absolute Gasteiger partial charge is 0.295 e. The molecule has 0 radical (unpaired) electrons. The van der Waals surface area contributed by atoms with Gasteiger partial charge in [0.05, 0.1) is 4.92 Å². The van der Waals surface area contributed by atoms with Gasteiger partial charge in [0.2, 0.25) is 0 Å². The molecule has 10 heteroatoms. The second-order valence-electron chi connectivity index (χ2n) is 4.55. The maximum absolute atomic E-state index is 12.0. The summed E-state index contributed by atoms with van der Waals surface area (Å²) in [5.74, 6) is -0.356. The number of aromatic nitrogens is 3. The molecule has 124 valence electrons. The molecule has 1 amide bonds. The van der Waals surface area contributed by atoms with E-state index in [4.69, 9.17) is 5.73 Å². The second kappa shape index (κ2) is 8.81. The van der Waals surface area contributed by atoms with Crippen LogP contribution in [0.2, 0.25) is 0 Å². The average molecular weight is 341 g/mol. The number of nitrogens with two attached hydrogens (primary N) is 1. The predicted molar refractivity (Wildman–Crippen MR) is 85.9 cm³/mol. The molecule has 1 aromatic carbocycles. The van der Waals surface area contributed by atoms with Crippen LogP contribution in [0, 0.1) is 10.1 Å². The van der Waals surface area contributed by atoms with E-state index in [-0.39, 0.29) is 35.3 Å². The van der Waals surface area contributed by atoms with Gasteiger partial charge in [-0.1, -0.05) is 0 Å². The van der Waals surface area contributed by atoms with Crippen LogP contribution in [0.3, 0.4) is 0 Å². The van der Waals surface area contributed by atoms with Gasteiger partial charge in [-0.25, -0.2) is 9.67 Å². The van der Waals surface area contributed by atoms with Gasteiger partial charge in [0, 0.05) is 18.2 Å². The lowest BCUT2D eigenvalue weighted by molar-refractivity contribution is -0.384. The third-order valence-electron chi connectivity index (χ3n) is 3.02. The number of carbonyl (C=O) groups is 1. The van der Waals surface area contributed by atoms with Crippen LogP contribution >= 0.6 is 12.4 Å². The average Bonchev–Trinajstić information content (AvgIpc) is 3.05. The van der Waals surface area contributed by atoms with E-state index >= 15 is 0 Å². The summed E-state index contributed by atoms with van der Waals surface area (Å²) < 4.78 is 1.28. The highest BCUT2D eigenvalue weighted by atomic mass is 35.5. The molecule has 0 saturated carbocycles. The largest absolute Gasteiger partial charge is 0.352 e. The Balaban J connectivity index is 0.00000264. The standard InChI is InChI=1S/C13H16N6O3.ClH/c14-5-1-2-6-16-13(20)10-3-4-11(12(7-10)19(21)22)18-9-15-8-17-18;/h3-4,7-9H,1-2,5-6,14H2,(H,16,20);1H. The van der Waals surface area contributed by atoms with Gasteiger partial charge in [0.15, 0.2) is 0 Å². The van der Waals surface area contributed by atoms with Crippen molar-refractivity contribution >= 4 is 24.0 Å². The molecule has 0 atom stereocenters. The predicted octanol–water partition coefficient (Wildman–Crippen LogP) is 1.07. The van der Waals surface area contributed by atoms with Crippen LogP contribution in [-0.2, 0) is 0 Å². The van der Waals surface area contributed by atoms with Crippen molar-refractivity contribution < 1.29 is 9.72 Å². The fraction of sp³-hybridized carbons (Fsp3) is 0.308. The van der Waals surface area contributed by atoms with Gasteiger partial charge >= 0.3 is 0 Å². The highest BCUT2D eigenvalue weighted by Crippen LogP contribution is 2.23. The molecule has 0 aliphatic rings. The molecule has 1 aromatic heterocycles. The summed E-state index contributed by atoms with van der Waals surface area (Å²) in [6, 6.07) is 4.22. The van der Waals surface area contributed by atoms with Crippen molar-refractivity contribution in [2.45, 2.75) is 12.8 Å². The van der Waals surface area contributed by atoms with Crippen LogP contribution in [0.25, 0.3) is 5.69 Å². The van der Waals surface area contributed by atoms with Gasteiger partial charge in [0.25, 0.3) is 11.6 Å². The molecule has 1 heterocycles. The van der Waals surface area contributed by atoms with Crippen molar-refractivity contribution in [3.63, 3.8) is 0 Å². The van der Waals surface area contributed by atoms with Crippen LogP contribution in [0.15, 0.2) is 30.9 Å². The van der Waals surface area contributed by atoms with Crippen molar-refractivity contribution in [3.8, 4) is 5.69 Å². The second-order valence-corrected chi connectivity index (χ2v) is 4.55. The molecular formula is C13H17ClN6O3. The summed E-state index contributed by atoms with van der Waals surface area (Å²) in [6.45, 7) is 1.04. The van der Waals surface area contributed by atoms with Crippen LogP contribution in [-0.4, -0.2) is 38.7 Å². The molecule has 2 rings (SSSR count). The van der Waals surface area contributed by atoms with E-state index in [0.29, 0.717) is 13.1 Å². The number of rotatable bonds is 7. The molecule has 0 aliphatic carbocycles. The Labute approximate surface area is 138 Å². The van der Waals surface area contributed by atoms with Gasteiger partial charge in [-0.2, -0.15) is 5.10 Å². The number of halogens is 1. The number of benzene rings is 1. The van der Waals surface area contributed by atoms with Crippen LogP contribution in [0.1, 0.15) is 23.2 Å². The van der Waals surface area contributed by atoms with Gasteiger partial charge < -0.3 is 11.1 Å². The zero-order chi connectivity index (χ0) is 15.9. The molecule has 0 bridgehead atoms. The first-order valence-corrected chi connectivity index (χ1v) is 6.75. The Kier molecular flexibility index (Phi) is 7.10. The van der Waals surface area contributed by atoms with E-state index in [1.807, 2.05) is 0 Å². The fourth-order valence-electron chi connectivity index (χ4n) is 1.91. The van der Waals surface area contributed by atoms with E-state index in [0.717, 1.165) is 12.8 Å². The minimum Gasteiger partial charge on any atom is -0.352 e. The number of unbranched alkanes of at least 4 members (excludes halogenated alkanes) is 1. The van der Waals surface area contributed by atoms with Crippen molar-refractivity contribution in [1.29, 1.82) is 0 Å². The molecular weight excluding hydrogens is 324 g/mol. The van der Waals surface area contributed by atoms with E-state index < -0.39 is 4.92 Å². The van der Waals surface area contributed by atoms with Gasteiger partial charge in [-0.3, -0.25) is 14.9 Å². The lowest BCUT2D eigenvalue weighted by atomic mass is 10.1. The Hall–Kier alpha value is -2.52. The van der Waals surface area contributed by atoms with E-state index in [1.54, 1.807) is 0 Å². The first-order valence-electron chi connectivity index (χ1n) is 6.75. The monoisotopic (exact) mass is 340 g/mol. The number of amides is 1. The molecule has 0 fully saturated rings. The molecule has 9 nitrogen and oxygen atoms in total. The normalized spacial score (nSPS) is 9.96. The molecule has 0 aliphatic heterocycles. The number of nitro benzene ring substituents is 1. The zero-order valence-corrected chi connectivity index (χ0v) is 13.0. The quantitative estimate of drug-likeness (QED) is 0.440. The highest BCUT2D eigenvalue weighted by Gasteiger charge is 2.19. The fourth-order valence-corrected chi connectivity index (χ4v) is 1.91. The summed E-state index contributed by atoms with van der Waals surface area (Å²) in [7, 11) is 0. The molecule has 23 heavy (non-hydrogen) atoms. The molecule has 0 spiro atoms. The van der Waals surface area contributed by atoms with Gasteiger partial charge in [0.1, 0.15) is 18.3 Å². The van der Waals surface area contributed by atoms with Gasteiger partial charge in [-0.05, 0) is 31.5 Å². The molecule has 0 unspecified atom stereocenters. The number of nitrogens with one attached hydrogen (secondary N) is 1. The molecule has 3 N–H and O–H groups in total. The van der Waals surface area contributed by atoms with Crippen LogP contribution < -0.4 is 11.1 Å². The van der Waals surface area contributed by atoms with Crippen LogP contribution in [0.4, 0.5) is 5.69 Å². The lowest BCUT2D eigenvalue weighted by Gasteiger charge is -2.07. The van der Waals surface area contributed by atoms with E-state index in [9.17, 15) is 14.9 Å². The van der Waals surface area contributed by atoms with Crippen molar-refractivity contribution in [2.75, 3.05) is 13.1 Å². The lowest BCUT2D eigenvalue weighted by Crippen LogP contribution is -2.25. The number of hydrogen-bond acceptors (Lipinski definition) is 6. The number of hydrogen-bond donors (Lipinski definition) is 2. The summed E-state index contributed by atoms with van der Waals surface area (Å²) >= 11 is 0. The van der Waals surface area contributed by atoms with E-state index in [1.165, 1.54) is 35.5 Å². The summed E-state index contributed by atoms with van der Waals surface area (Å²) in [4.78, 5) is 26.4. The zero-order valence-electron chi connectivity index (χ0n) is 12.2. The SMILES string of the molecule is Cl.NCCCCNC(=O)c1ccc(-n2cncn2)c([N+](=O)[O-])c1. The van der Waals surface area contributed by atoms with E-state index in [2.05, 4.69) is 15.4 Å². The minimum atomic E-state index is -0.553. The third-order valence-corrected chi connectivity index (χ3v) is 3.02. The first kappa shape index (κ1) is 18.5. The number of nitro groups is 1. The Morgan fingerprint density at radius 3 is 2.78 bits per heavy atom. The topological polar surface area (TPSA) is 129 Å². The summed E-state index contributed by atoms with van der Waals surface area (Å²) in [6.07, 6.45) is 4.21. The summed E-state index contributed by atoms with van der Waals surface area (Å²) in [5.41, 5.74) is 5.64. The van der Waals surface area contributed by atoms with Crippen molar-refractivity contribution in [3.05, 3.63) is 46.5 Å². The third kappa shape index (κ3) is 4.73. The highest BCUT2D eigenvalue weighted by molar-refractivity contribution is 5.95. The number of nitrogens with zero attached hydrogens (tertiary/aromatic N) is 4. The van der Waals surface area contributed by atoms with Crippen molar-refractivity contribution in [2.24, 2.45) is 5.73 Å². The van der Waals surface area contributed by atoms with Gasteiger partial charge in [-0.15, -0.1) is 12.4 Å². The molecule has 0 saturated heterocycles. The Morgan fingerprint density at radius 2 is 2.17 bits per heavy atom. The maximum Gasteiger partial charge on any atom is 0.295 e. The van der Waals surface area contributed by atoms with Crippen molar-refractivity contribution in [1.82, 2.24) is 20.1 Å². The summed E-state index contributed by atoms with van der Waals surface area (Å²) in [5, 5.41) is 17.8. The minimum absolute atomic E-state index is 0. The van der Waals surface area contributed by atoms with Crippen LogP contribution in [0.5, 0.6) is 0 Å². The number of carbonyl (C=O) groups excluding carboxylic acids is 1. The Morgan fingerprint density at radius 1 is 1.39 bits per heavy atom. The Bertz CT molecular complexity index is 662. The first-order chi connectivity index (χ1) is 10.6. The molecule has 2 aromatic rings.